The van der Waals surface area contributed by atoms with Gasteiger partial charge in [0.05, 0.1) is 23.3 Å². The molecule has 6 N–H and O–H groups in total. The Bertz CT molecular complexity index is 3160. The number of nitrogens with zero attached hydrogens (tertiary/aromatic N) is 5. The third-order valence-corrected chi connectivity index (χ3v) is 16.8. The van der Waals surface area contributed by atoms with Gasteiger partial charge in [-0.15, -0.1) is 0 Å². The van der Waals surface area contributed by atoms with Crippen LogP contribution < -0.4 is 16.9 Å². The number of methoxy groups -OCH3 is 2. The average molecular weight is 1040 g/mol. The summed E-state index contributed by atoms with van der Waals surface area (Å²) in [6.45, 7) is 0. The number of aliphatic imine (C=N–C) groups is 2. The van der Waals surface area contributed by atoms with E-state index in [1.54, 1.807) is 7.11 Å². The van der Waals surface area contributed by atoms with Crippen molar-refractivity contribution < 1.29 is 32.7 Å². The number of rotatable bonds is 4. The summed E-state index contributed by atoms with van der Waals surface area (Å²) >= 11 is 3.68. The van der Waals surface area contributed by atoms with E-state index >= 15 is 0 Å². The number of pyridine rings is 2. The minimum Gasteiger partial charge on any atom is -0.423 e. The Morgan fingerprint density at radius 3 is 1.68 bits per heavy atom. The molecule has 4 heterocycles. The maximum atomic E-state index is 13.4. The summed E-state index contributed by atoms with van der Waals surface area (Å²) < 4.78 is 52.5. The van der Waals surface area contributed by atoms with Crippen molar-refractivity contribution in [1.29, 1.82) is 5.26 Å². The minimum absolute atomic E-state index is 0.0857. The fourth-order valence-electron chi connectivity index (χ4n) is 13.0. The fraction of sp³-hybridized carbons (Fsp3) is 0.339. The number of benzene rings is 4. The van der Waals surface area contributed by atoms with E-state index in [-0.39, 0.29) is 27.9 Å². The summed E-state index contributed by atoms with van der Waals surface area (Å²) in [4.78, 5) is 17.9. The third kappa shape index (κ3) is 8.14. The number of fused-ring (bicyclic) bond motifs is 10. The Labute approximate surface area is 425 Å². The molecule has 72 heavy (non-hydrogen) atoms. The number of nitriles is 1. The molecule has 0 radical (unpaired) electrons. The van der Waals surface area contributed by atoms with Gasteiger partial charge in [0, 0.05) is 76.5 Å². The van der Waals surface area contributed by atoms with Crippen LogP contribution in [-0.4, -0.2) is 65.2 Å². The lowest BCUT2D eigenvalue weighted by Crippen LogP contribution is -2.45. The van der Waals surface area contributed by atoms with E-state index in [2.05, 4.69) is 80.5 Å². The molecule has 6 aliphatic rings. The van der Waals surface area contributed by atoms with Gasteiger partial charge in [-0.2, -0.15) is 18.4 Å². The quantitative estimate of drug-likeness (QED) is 0.125. The molecule has 368 valence electrons. The number of halogens is 4. The van der Waals surface area contributed by atoms with Crippen molar-refractivity contribution in [2.75, 3.05) is 14.2 Å². The van der Waals surface area contributed by atoms with Gasteiger partial charge >= 0.3 is 13.3 Å². The zero-order valence-corrected chi connectivity index (χ0v) is 41.5. The molecule has 0 bridgehead atoms. The summed E-state index contributed by atoms with van der Waals surface area (Å²) in [5.74, 6) is 1.20. The Kier molecular flexibility index (Phi) is 13.0. The predicted molar refractivity (Wildman–Crippen MR) is 274 cm³/mol. The lowest BCUT2D eigenvalue weighted by Gasteiger charge is -2.47. The summed E-state index contributed by atoms with van der Waals surface area (Å²) in [5, 5.41) is 25.7. The lowest BCUT2D eigenvalue weighted by molar-refractivity contribution is -0.137. The maximum Gasteiger partial charge on any atom is 0.490 e. The van der Waals surface area contributed by atoms with E-state index in [0.717, 1.165) is 103 Å². The second-order valence-corrected chi connectivity index (χ2v) is 20.8. The first kappa shape index (κ1) is 49.4. The summed E-state index contributed by atoms with van der Waals surface area (Å²) in [6, 6.07) is 33.7. The SMILES string of the molecule is COC1CCC2(CC1)Cc1ccc(-c3cncc(C(F)(F)F)c3)cc1C21N=C(N)c2ccccc21.COC1CCC2(CC1)Cc1ccc(Br)cc1C21N=C(N)c2ccccc21.N#Cc1cncc(B(O)O)c1. The molecule has 0 amide bonds. The standard InChI is InChI=1S/C28H26F3N3O.C22H23BrN2O.C6H5BN2O2/c1-35-21-8-10-26(11-9-21)14-18-7-6-17(19-12-20(16-33-15-19)28(29,30)31)13-24(18)27(26)23-5-3-2-4-22(23)25(32)34-27;1-26-16-8-10-21(11-9-16)13-14-6-7-15(23)12-19(14)22(21)18-5-3-2-4-17(18)20(24)25-22;8-2-5-1-6(7(10)11)4-9-3-5/h2-7,12-13,15-16,21H,8-11,14H2,1H3,(H2,32,34);2-7,12,16H,8-11,13H2,1H3,(H2,24,25);1,3-4,10-11H. The van der Waals surface area contributed by atoms with Crippen LogP contribution in [0.3, 0.4) is 0 Å². The number of ether oxygens (including phenoxy) is 2. The average Bonchev–Trinajstić information content (AvgIpc) is 4.06. The first-order valence-electron chi connectivity index (χ1n) is 24.2. The molecule has 4 aliphatic carbocycles. The van der Waals surface area contributed by atoms with Crippen molar-refractivity contribution in [3.8, 4) is 17.2 Å². The highest BCUT2D eigenvalue weighted by Crippen LogP contribution is 2.66. The maximum absolute atomic E-state index is 13.4. The van der Waals surface area contributed by atoms with Crippen LogP contribution in [0.2, 0.25) is 0 Å². The van der Waals surface area contributed by atoms with Crippen molar-refractivity contribution in [3.63, 3.8) is 0 Å². The molecule has 2 aliphatic heterocycles. The largest absolute Gasteiger partial charge is 0.490 e. The van der Waals surface area contributed by atoms with Gasteiger partial charge in [0.1, 0.15) is 28.8 Å². The lowest BCUT2D eigenvalue weighted by atomic mass is 9.59. The fourth-order valence-corrected chi connectivity index (χ4v) is 13.3. The van der Waals surface area contributed by atoms with Crippen molar-refractivity contribution in [3.05, 3.63) is 182 Å². The zero-order chi connectivity index (χ0) is 50.6. The van der Waals surface area contributed by atoms with E-state index in [9.17, 15) is 13.2 Å². The van der Waals surface area contributed by atoms with Gasteiger partial charge in [0.15, 0.2) is 0 Å². The first-order valence-corrected chi connectivity index (χ1v) is 25.0. The summed E-state index contributed by atoms with van der Waals surface area (Å²) in [5.41, 5.74) is 22.2. The van der Waals surface area contributed by atoms with E-state index in [0.29, 0.717) is 34.5 Å². The molecular formula is C56H54BBrF3N7O4. The number of hydrogen-bond donors (Lipinski definition) is 4. The molecule has 2 atom stereocenters. The molecule has 12 rings (SSSR count). The third-order valence-electron chi connectivity index (χ3n) is 16.3. The van der Waals surface area contributed by atoms with Crippen LogP contribution in [0.15, 0.2) is 136 Å². The first-order chi connectivity index (χ1) is 34.6. The van der Waals surface area contributed by atoms with Crippen LogP contribution in [0, 0.1) is 22.2 Å². The van der Waals surface area contributed by atoms with Crippen molar-refractivity contribution in [1.82, 2.24) is 9.97 Å². The zero-order valence-electron chi connectivity index (χ0n) is 40.0. The van der Waals surface area contributed by atoms with Gasteiger partial charge in [-0.1, -0.05) is 82.7 Å². The van der Waals surface area contributed by atoms with Crippen LogP contribution >= 0.6 is 15.9 Å². The van der Waals surface area contributed by atoms with Crippen molar-refractivity contribution in [2.24, 2.45) is 32.3 Å². The van der Waals surface area contributed by atoms with E-state index in [1.165, 1.54) is 46.9 Å². The van der Waals surface area contributed by atoms with Crippen LogP contribution in [0.5, 0.6) is 0 Å². The number of amidine groups is 2. The Morgan fingerprint density at radius 2 is 1.17 bits per heavy atom. The normalized spacial score (nSPS) is 26.1. The Hall–Kier alpha value is -6.22. The highest BCUT2D eigenvalue weighted by Gasteiger charge is 2.63. The second-order valence-electron chi connectivity index (χ2n) is 19.9. The van der Waals surface area contributed by atoms with Gasteiger partial charge in [0.2, 0.25) is 0 Å². The Morgan fingerprint density at radius 1 is 0.653 bits per heavy atom. The van der Waals surface area contributed by atoms with E-state index in [1.807, 2.05) is 43.5 Å². The van der Waals surface area contributed by atoms with Gasteiger partial charge < -0.3 is 31.0 Å². The van der Waals surface area contributed by atoms with Crippen LogP contribution in [0.25, 0.3) is 11.1 Å². The molecule has 4 spiro atoms. The number of hydrogen-bond acceptors (Lipinski definition) is 11. The molecule has 2 unspecified atom stereocenters. The van der Waals surface area contributed by atoms with Crippen molar-refractivity contribution in [2.45, 2.75) is 93.7 Å². The highest BCUT2D eigenvalue weighted by molar-refractivity contribution is 9.10. The number of aromatic nitrogens is 2. The number of alkyl halides is 3. The Balaban J connectivity index is 0.000000141. The summed E-state index contributed by atoms with van der Waals surface area (Å²) in [7, 11) is 2.04. The molecule has 16 heteroatoms. The minimum atomic E-state index is -4.45. The smallest absolute Gasteiger partial charge is 0.423 e. The van der Waals surface area contributed by atoms with Crippen molar-refractivity contribution >= 4 is 40.2 Å². The summed E-state index contributed by atoms with van der Waals surface area (Å²) in [6.07, 6.45) is 11.2. The topological polar surface area (TPSA) is 185 Å². The molecule has 4 aromatic carbocycles. The van der Waals surface area contributed by atoms with E-state index < -0.39 is 24.4 Å². The molecule has 6 aromatic rings. The van der Waals surface area contributed by atoms with Gasteiger partial charge in [0.25, 0.3) is 0 Å². The monoisotopic (exact) mass is 1040 g/mol. The molecular weight excluding hydrogens is 982 g/mol. The predicted octanol–water partition coefficient (Wildman–Crippen LogP) is 9.04. The van der Waals surface area contributed by atoms with Gasteiger partial charge in [-0.3, -0.25) is 20.0 Å². The molecule has 11 nitrogen and oxygen atoms in total. The van der Waals surface area contributed by atoms with Gasteiger partial charge in [-0.05, 0) is 133 Å². The highest BCUT2D eigenvalue weighted by atomic mass is 79.9. The molecule has 2 saturated carbocycles. The number of nitrogens with two attached hydrogens (primary N) is 2. The van der Waals surface area contributed by atoms with Crippen LogP contribution in [0.4, 0.5) is 13.2 Å². The molecule has 0 saturated heterocycles. The molecule has 2 fully saturated rings. The van der Waals surface area contributed by atoms with E-state index in [4.69, 9.17) is 46.2 Å². The van der Waals surface area contributed by atoms with Crippen LogP contribution in [0.1, 0.15) is 107 Å². The second kappa shape index (κ2) is 19.0. The van der Waals surface area contributed by atoms with Crippen LogP contribution in [-0.2, 0) is 39.6 Å². The van der Waals surface area contributed by atoms with Gasteiger partial charge in [-0.25, -0.2) is 0 Å². The molecule has 2 aromatic heterocycles.